The smallest absolute Gasteiger partial charge is 0.124 e. The first kappa shape index (κ1) is 12.6. The molecule has 2 rings (SSSR count). The summed E-state index contributed by atoms with van der Waals surface area (Å²) in [5, 5.41) is 10.7. The lowest BCUT2D eigenvalue weighted by molar-refractivity contribution is 0.889. The Kier molecular flexibility index (Phi) is 3.62. The maximum atomic E-state index is 7.59. The van der Waals surface area contributed by atoms with Crippen LogP contribution >= 0.6 is 11.3 Å². The number of aryl methyl sites for hydroxylation is 1. The molecule has 0 bridgehead atoms. The van der Waals surface area contributed by atoms with Crippen molar-refractivity contribution in [3.8, 4) is 0 Å². The highest BCUT2D eigenvalue weighted by Crippen LogP contribution is 2.21. The van der Waals surface area contributed by atoms with Gasteiger partial charge in [-0.2, -0.15) is 0 Å². The number of nitrogens with one attached hydrogen (secondary N) is 1. The fourth-order valence-electron chi connectivity index (χ4n) is 1.84. The Balaban J connectivity index is 2.23. The molecule has 5 heteroatoms. The second-order valence-corrected chi connectivity index (χ2v) is 5.21. The van der Waals surface area contributed by atoms with Gasteiger partial charge in [-0.3, -0.25) is 5.41 Å². The molecule has 0 spiro atoms. The van der Waals surface area contributed by atoms with Crippen molar-refractivity contribution in [2.75, 3.05) is 11.9 Å². The number of aromatic nitrogens is 1. The van der Waals surface area contributed by atoms with Crippen LogP contribution in [0, 0.1) is 12.3 Å². The standard InChI is InChI=1S/C13H16N4S/c1-9-16-10(8-18-9)7-17(2)12-6-4-3-5-11(12)13(14)15/h3-6,8H,7H2,1-2H3,(H3,14,15). The van der Waals surface area contributed by atoms with E-state index < -0.39 is 0 Å². The van der Waals surface area contributed by atoms with E-state index in [1.807, 2.05) is 38.2 Å². The first-order chi connectivity index (χ1) is 8.58. The molecule has 0 radical (unpaired) electrons. The summed E-state index contributed by atoms with van der Waals surface area (Å²) in [5.41, 5.74) is 8.34. The number of para-hydroxylation sites is 1. The van der Waals surface area contributed by atoms with Gasteiger partial charge in [-0.05, 0) is 19.1 Å². The van der Waals surface area contributed by atoms with Gasteiger partial charge >= 0.3 is 0 Å². The summed E-state index contributed by atoms with van der Waals surface area (Å²) in [6.45, 7) is 2.71. The van der Waals surface area contributed by atoms with Gasteiger partial charge in [-0.25, -0.2) is 4.98 Å². The average molecular weight is 260 g/mol. The Morgan fingerprint density at radius 3 is 2.78 bits per heavy atom. The summed E-state index contributed by atoms with van der Waals surface area (Å²) in [4.78, 5) is 6.50. The second-order valence-electron chi connectivity index (χ2n) is 4.14. The SMILES string of the molecule is Cc1nc(CN(C)c2ccccc2C(=N)N)cs1. The minimum Gasteiger partial charge on any atom is -0.384 e. The molecule has 0 saturated heterocycles. The van der Waals surface area contributed by atoms with Crippen molar-refractivity contribution in [2.45, 2.75) is 13.5 Å². The second kappa shape index (κ2) is 5.18. The lowest BCUT2D eigenvalue weighted by Gasteiger charge is -2.21. The van der Waals surface area contributed by atoms with Crippen molar-refractivity contribution in [1.82, 2.24) is 4.98 Å². The molecule has 1 heterocycles. The third kappa shape index (κ3) is 2.68. The summed E-state index contributed by atoms with van der Waals surface area (Å²) in [6, 6.07) is 7.67. The van der Waals surface area contributed by atoms with Crippen LogP contribution in [0.25, 0.3) is 0 Å². The Labute approximate surface area is 111 Å². The maximum Gasteiger partial charge on any atom is 0.124 e. The minimum atomic E-state index is 0.0897. The zero-order valence-corrected chi connectivity index (χ0v) is 11.3. The van der Waals surface area contributed by atoms with Crippen LogP contribution < -0.4 is 10.6 Å². The number of thiazole rings is 1. The number of nitrogen functional groups attached to an aromatic ring is 1. The number of nitrogens with zero attached hydrogens (tertiary/aromatic N) is 2. The van der Waals surface area contributed by atoms with Crippen molar-refractivity contribution in [3.05, 3.63) is 45.9 Å². The number of nitrogens with two attached hydrogens (primary N) is 1. The van der Waals surface area contributed by atoms with E-state index in [1.165, 1.54) is 0 Å². The van der Waals surface area contributed by atoms with Crippen molar-refractivity contribution in [1.29, 1.82) is 5.41 Å². The number of amidine groups is 1. The molecule has 0 aliphatic rings. The molecule has 0 amide bonds. The van der Waals surface area contributed by atoms with Crippen LogP contribution in [0.3, 0.4) is 0 Å². The van der Waals surface area contributed by atoms with Gasteiger partial charge in [-0.15, -0.1) is 11.3 Å². The molecule has 0 fully saturated rings. The maximum absolute atomic E-state index is 7.59. The fraction of sp³-hybridized carbons (Fsp3) is 0.231. The van der Waals surface area contributed by atoms with E-state index in [4.69, 9.17) is 11.1 Å². The Morgan fingerprint density at radius 2 is 2.17 bits per heavy atom. The predicted molar refractivity (Wildman–Crippen MR) is 76.4 cm³/mol. The van der Waals surface area contributed by atoms with E-state index in [1.54, 1.807) is 11.3 Å². The van der Waals surface area contributed by atoms with E-state index in [9.17, 15) is 0 Å². The van der Waals surface area contributed by atoms with Crippen LogP contribution in [0.5, 0.6) is 0 Å². The van der Waals surface area contributed by atoms with Gasteiger partial charge in [-0.1, -0.05) is 12.1 Å². The van der Waals surface area contributed by atoms with Gasteiger partial charge in [0.25, 0.3) is 0 Å². The molecule has 0 atom stereocenters. The first-order valence-corrected chi connectivity index (χ1v) is 6.51. The summed E-state index contributed by atoms with van der Waals surface area (Å²) >= 11 is 1.65. The molecule has 0 unspecified atom stereocenters. The summed E-state index contributed by atoms with van der Waals surface area (Å²) in [5.74, 6) is 0.0897. The third-order valence-electron chi connectivity index (χ3n) is 2.67. The van der Waals surface area contributed by atoms with E-state index >= 15 is 0 Å². The van der Waals surface area contributed by atoms with Gasteiger partial charge in [0.15, 0.2) is 0 Å². The van der Waals surface area contributed by atoms with Gasteiger partial charge in [0.1, 0.15) is 5.84 Å². The molecule has 3 N–H and O–H groups in total. The Morgan fingerprint density at radius 1 is 1.44 bits per heavy atom. The largest absolute Gasteiger partial charge is 0.384 e. The zero-order valence-electron chi connectivity index (χ0n) is 10.5. The molecule has 0 aliphatic carbocycles. The molecule has 18 heavy (non-hydrogen) atoms. The van der Waals surface area contributed by atoms with Gasteiger partial charge in [0, 0.05) is 23.7 Å². The number of benzene rings is 1. The van der Waals surface area contributed by atoms with Crippen LogP contribution in [-0.2, 0) is 6.54 Å². The summed E-state index contributed by atoms with van der Waals surface area (Å²) in [6.07, 6.45) is 0. The van der Waals surface area contributed by atoms with Crippen molar-refractivity contribution < 1.29 is 0 Å². The molecule has 94 valence electrons. The predicted octanol–water partition coefficient (Wildman–Crippen LogP) is 2.37. The Hall–Kier alpha value is -1.88. The monoisotopic (exact) mass is 260 g/mol. The van der Waals surface area contributed by atoms with Crippen molar-refractivity contribution >= 4 is 22.9 Å². The highest BCUT2D eigenvalue weighted by molar-refractivity contribution is 7.09. The molecule has 4 nitrogen and oxygen atoms in total. The minimum absolute atomic E-state index is 0.0897. The molecule has 0 aliphatic heterocycles. The van der Waals surface area contributed by atoms with Gasteiger partial charge < -0.3 is 10.6 Å². The number of anilines is 1. The van der Waals surface area contributed by atoms with E-state index in [-0.39, 0.29) is 5.84 Å². The first-order valence-electron chi connectivity index (χ1n) is 5.63. The third-order valence-corrected chi connectivity index (χ3v) is 3.49. The fourth-order valence-corrected chi connectivity index (χ4v) is 2.45. The zero-order chi connectivity index (χ0) is 13.1. The lowest BCUT2D eigenvalue weighted by Crippen LogP contribution is -2.22. The van der Waals surface area contributed by atoms with Crippen LogP contribution in [0.1, 0.15) is 16.3 Å². The average Bonchev–Trinajstić information content (AvgIpc) is 2.74. The topological polar surface area (TPSA) is 66.0 Å². The van der Waals surface area contributed by atoms with Gasteiger partial charge in [0.05, 0.1) is 17.2 Å². The highest BCUT2D eigenvalue weighted by atomic mass is 32.1. The van der Waals surface area contributed by atoms with E-state index in [2.05, 4.69) is 15.3 Å². The quantitative estimate of drug-likeness (QED) is 0.655. The normalized spacial score (nSPS) is 10.3. The number of rotatable bonds is 4. The molecule has 1 aromatic heterocycles. The van der Waals surface area contributed by atoms with Crippen LogP contribution in [0.15, 0.2) is 29.6 Å². The molecular formula is C13H16N4S. The summed E-state index contributed by atoms with van der Waals surface area (Å²) in [7, 11) is 1.98. The highest BCUT2D eigenvalue weighted by Gasteiger charge is 2.10. The molecule has 1 aromatic carbocycles. The van der Waals surface area contributed by atoms with Crippen LogP contribution in [0.4, 0.5) is 5.69 Å². The molecular weight excluding hydrogens is 244 g/mol. The van der Waals surface area contributed by atoms with Crippen molar-refractivity contribution in [2.24, 2.45) is 5.73 Å². The molecule has 0 saturated carbocycles. The van der Waals surface area contributed by atoms with E-state index in [0.717, 1.165) is 22.0 Å². The molecule has 2 aromatic rings. The summed E-state index contributed by atoms with van der Waals surface area (Å²) < 4.78 is 0. The van der Waals surface area contributed by atoms with Crippen LogP contribution in [0.2, 0.25) is 0 Å². The van der Waals surface area contributed by atoms with Crippen molar-refractivity contribution in [3.63, 3.8) is 0 Å². The number of hydrogen-bond donors (Lipinski definition) is 2. The van der Waals surface area contributed by atoms with Crippen LogP contribution in [-0.4, -0.2) is 17.9 Å². The van der Waals surface area contributed by atoms with E-state index in [0.29, 0.717) is 6.54 Å². The number of hydrogen-bond acceptors (Lipinski definition) is 4. The lowest BCUT2D eigenvalue weighted by atomic mass is 10.1. The van der Waals surface area contributed by atoms with Gasteiger partial charge in [0.2, 0.25) is 0 Å². The Bertz CT molecular complexity index is 562.